The van der Waals surface area contributed by atoms with Gasteiger partial charge in [0.05, 0.1) is 6.04 Å². The quantitative estimate of drug-likeness (QED) is 0.798. The largest absolute Gasteiger partial charge is 0.326 e. The molecule has 98 valence electrons. The van der Waals surface area contributed by atoms with Gasteiger partial charge in [0, 0.05) is 5.69 Å². The number of allylic oxidation sites excluding steroid dienone is 2. The van der Waals surface area contributed by atoms with Gasteiger partial charge in [-0.3, -0.25) is 0 Å². The first-order chi connectivity index (χ1) is 9.90. The van der Waals surface area contributed by atoms with Gasteiger partial charge < -0.3 is 4.90 Å². The van der Waals surface area contributed by atoms with Crippen molar-refractivity contribution < 1.29 is 0 Å². The molecule has 0 aliphatic carbocycles. The molecule has 2 nitrogen and oxygen atoms in total. The highest BCUT2D eigenvalue weighted by atomic mass is 15.2. The molecular weight excluding hydrogens is 244 g/mol. The van der Waals surface area contributed by atoms with E-state index in [1.165, 1.54) is 5.56 Å². The fraction of sp³-hybridized carbons (Fsp3) is 0.167. The summed E-state index contributed by atoms with van der Waals surface area (Å²) < 4.78 is 0. The number of hydrogen-bond donors (Lipinski definition) is 0. The van der Waals surface area contributed by atoms with Gasteiger partial charge in [0.25, 0.3) is 0 Å². The van der Waals surface area contributed by atoms with E-state index in [1.807, 2.05) is 30.3 Å². The number of nitriles is 1. The molecule has 0 N–H and O–H groups in total. The highest BCUT2D eigenvalue weighted by Gasteiger charge is 2.26. The number of benzene rings is 2. The second-order valence-corrected chi connectivity index (χ2v) is 4.91. The van der Waals surface area contributed by atoms with E-state index in [4.69, 9.17) is 0 Å². The summed E-state index contributed by atoms with van der Waals surface area (Å²) in [7, 11) is 0. The monoisotopic (exact) mass is 260 g/mol. The van der Waals surface area contributed by atoms with E-state index in [-0.39, 0.29) is 6.04 Å². The molecule has 0 bridgehead atoms. The van der Waals surface area contributed by atoms with Crippen LogP contribution in [0.5, 0.6) is 0 Å². The van der Waals surface area contributed by atoms with Gasteiger partial charge in [0.1, 0.15) is 11.8 Å². The Morgan fingerprint density at radius 1 is 0.950 bits per heavy atom. The fourth-order valence-electron chi connectivity index (χ4n) is 2.77. The first kappa shape index (κ1) is 12.5. The number of anilines is 1. The molecule has 1 atom stereocenters. The van der Waals surface area contributed by atoms with Crippen molar-refractivity contribution >= 4 is 5.69 Å². The maximum atomic E-state index is 9.43. The molecule has 1 heterocycles. The molecule has 0 amide bonds. The zero-order valence-corrected chi connectivity index (χ0v) is 11.2. The second kappa shape index (κ2) is 5.63. The molecule has 2 aromatic carbocycles. The van der Waals surface area contributed by atoms with E-state index in [0.717, 1.165) is 24.2 Å². The summed E-state index contributed by atoms with van der Waals surface area (Å²) in [5.74, 6) is 0. The third-order valence-electron chi connectivity index (χ3n) is 3.68. The summed E-state index contributed by atoms with van der Waals surface area (Å²) in [5.41, 5.74) is 3.09. The SMILES string of the molecule is N#CC1=CCCC(c2ccccc2)N1c1ccccc1. The third-order valence-corrected chi connectivity index (χ3v) is 3.68. The minimum Gasteiger partial charge on any atom is -0.326 e. The highest BCUT2D eigenvalue weighted by molar-refractivity contribution is 5.58. The molecule has 0 saturated heterocycles. The zero-order chi connectivity index (χ0) is 13.8. The smallest absolute Gasteiger partial charge is 0.117 e. The maximum Gasteiger partial charge on any atom is 0.117 e. The molecule has 0 spiro atoms. The fourth-order valence-corrected chi connectivity index (χ4v) is 2.77. The predicted molar refractivity (Wildman–Crippen MR) is 81.0 cm³/mol. The summed E-state index contributed by atoms with van der Waals surface area (Å²) in [6, 6.07) is 23.2. The normalized spacial score (nSPS) is 18.2. The summed E-state index contributed by atoms with van der Waals surface area (Å²) in [6.07, 6.45) is 4.02. The Morgan fingerprint density at radius 3 is 2.25 bits per heavy atom. The summed E-state index contributed by atoms with van der Waals surface area (Å²) in [5, 5.41) is 9.43. The molecule has 0 aromatic heterocycles. The zero-order valence-electron chi connectivity index (χ0n) is 11.2. The van der Waals surface area contributed by atoms with Crippen molar-refractivity contribution in [1.29, 1.82) is 5.26 Å². The van der Waals surface area contributed by atoms with Crippen LogP contribution in [0.3, 0.4) is 0 Å². The number of nitrogens with zero attached hydrogens (tertiary/aromatic N) is 2. The standard InChI is InChI=1S/C18H16N2/c19-14-17-12-7-13-18(15-8-3-1-4-9-15)20(17)16-10-5-2-6-11-16/h1-6,8-12,18H,7,13H2. The van der Waals surface area contributed by atoms with E-state index in [2.05, 4.69) is 47.4 Å². The summed E-state index contributed by atoms with van der Waals surface area (Å²) in [4.78, 5) is 2.15. The minimum atomic E-state index is 0.234. The molecule has 1 unspecified atom stereocenters. The van der Waals surface area contributed by atoms with Gasteiger partial charge >= 0.3 is 0 Å². The van der Waals surface area contributed by atoms with Gasteiger partial charge in [-0.25, -0.2) is 0 Å². The molecule has 0 fully saturated rings. The topological polar surface area (TPSA) is 27.0 Å². The molecule has 1 aliphatic rings. The first-order valence-electron chi connectivity index (χ1n) is 6.89. The Bertz CT molecular complexity index is 638. The molecule has 0 radical (unpaired) electrons. The molecule has 1 aliphatic heterocycles. The Hall–Kier alpha value is -2.53. The first-order valence-corrected chi connectivity index (χ1v) is 6.89. The van der Waals surface area contributed by atoms with Crippen LogP contribution in [0.25, 0.3) is 0 Å². The third kappa shape index (κ3) is 2.31. The lowest BCUT2D eigenvalue weighted by atomic mass is 9.95. The van der Waals surface area contributed by atoms with Gasteiger partial charge in [0.15, 0.2) is 0 Å². The lowest BCUT2D eigenvalue weighted by Gasteiger charge is -2.36. The second-order valence-electron chi connectivity index (χ2n) is 4.91. The molecule has 2 aromatic rings. The number of para-hydroxylation sites is 1. The van der Waals surface area contributed by atoms with Crippen LogP contribution in [0.2, 0.25) is 0 Å². The summed E-state index contributed by atoms with van der Waals surface area (Å²) >= 11 is 0. The molecule has 2 heteroatoms. The van der Waals surface area contributed by atoms with E-state index in [1.54, 1.807) is 0 Å². The Kier molecular flexibility index (Phi) is 3.52. The van der Waals surface area contributed by atoms with Crippen LogP contribution in [0.15, 0.2) is 72.4 Å². The Balaban J connectivity index is 2.06. The van der Waals surface area contributed by atoms with Crippen LogP contribution in [-0.4, -0.2) is 0 Å². The molecule has 20 heavy (non-hydrogen) atoms. The molecule has 3 rings (SSSR count). The van der Waals surface area contributed by atoms with Crippen molar-refractivity contribution in [3.05, 3.63) is 78.0 Å². The van der Waals surface area contributed by atoms with Gasteiger partial charge in [0.2, 0.25) is 0 Å². The van der Waals surface area contributed by atoms with Crippen LogP contribution in [-0.2, 0) is 0 Å². The van der Waals surface area contributed by atoms with Crippen molar-refractivity contribution in [2.45, 2.75) is 18.9 Å². The van der Waals surface area contributed by atoms with E-state index in [9.17, 15) is 5.26 Å². The van der Waals surface area contributed by atoms with Gasteiger partial charge in [-0.15, -0.1) is 0 Å². The van der Waals surface area contributed by atoms with Crippen molar-refractivity contribution in [1.82, 2.24) is 0 Å². The lowest BCUT2D eigenvalue weighted by Crippen LogP contribution is -2.30. The number of rotatable bonds is 2. The maximum absolute atomic E-state index is 9.43. The van der Waals surface area contributed by atoms with Gasteiger partial charge in [-0.2, -0.15) is 5.26 Å². The lowest BCUT2D eigenvalue weighted by molar-refractivity contribution is 0.600. The van der Waals surface area contributed by atoms with Crippen molar-refractivity contribution in [2.75, 3.05) is 4.90 Å². The minimum absolute atomic E-state index is 0.234. The average Bonchev–Trinajstić information content (AvgIpc) is 2.55. The Morgan fingerprint density at radius 2 is 1.60 bits per heavy atom. The van der Waals surface area contributed by atoms with Gasteiger partial charge in [-0.05, 0) is 36.6 Å². The summed E-state index contributed by atoms with van der Waals surface area (Å²) in [6.45, 7) is 0. The predicted octanol–water partition coefficient (Wildman–Crippen LogP) is 4.44. The van der Waals surface area contributed by atoms with Crippen molar-refractivity contribution in [2.24, 2.45) is 0 Å². The number of hydrogen-bond acceptors (Lipinski definition) is 2. The van der Waals surface area contributed by atoms with Crippen LogP contribution in [0.1, 0.15) is 24.4 Å². The van der Waals surface area contributed by atoms with E-state index < -0.39 is 0 Å². The van der Waals surface area contributed by atoms with Gasteiger partial charge in [-0.1, -0.05) is 48.5 Å². The van der Waals surface area contributed by atoms with Crippen molar-refractivity contribution in [3.8, 4) is 6.07 Å². The van der Waals surface area contributed by atoms with Crippen molar-refractivity contribution in [3.63, 3.8) is 0 Å². The van der Waals surface area contributed by atoms with Crippen LogP contribution in [0, 0.1) is 11.3 Å². The Labute approximate surface area is 119 Å². The molecule has 0 saturated carbocycles. The van der Waals surface area contributed by atoms with Crippen LogP contribution >= 0.6 is 0 Å². The highest BCUT2D eigenvalue weighted by Crippen LogP contribution is 2.37. The van der Waals surface area contributed by atoms with Crippen LogP contribution < -0.4 is 4.90 Å². The van der Waals surface area contributed by atoms with E-state index in [0.29, 0.717) is 0 Å². The average molecular weight is 260 g/mol. The molecular formula is C18H16N2. The van der Waals surface area contributed by atoms with Crippen LogP contribution in [0.4, 0.5) is 5.69 Å². The van der Waals surface area contributed by atoms with E-state index >= 15 is 0 Å².